The Labute approximate surface area is 178 Å². The number of carbonyl (C=O) groups excluding carboxylic acids is 2. The molecule has 0 bridgehead atoms. The van der Waals surface area contributed by atoms with E-state index < -0.39 is 18.0 Å². The van der Waals surface area contributed by atoms with Crippen molar-refractivity contribution in [3.63, 3.8) is 0 Å². The highest BCUT2D eigenvalue weighted by atomic mass is 79.9. The Hall–Kier alpha value is -2.24. The first-order valence-corrected chi connectivity index (χ1v) is 10.6. The number of aromatic nitrogens is 1. The molecule has 2 saturated heterocycles. The second-order valence-corrected chi connectivity index (χ2v) is 8.85. The summed E-state index contributed by atoms with van der Waals surface area (Å²) in [7, 11) is 0. The van der Waals surface area contributed by atoms with Crippen molar-refractivity contribution in [3.8, 4) is 0 Å². The van der Waals surface area contributed by atoms with Crippen molar-refractivity contribution in [2.45, 2.75) is 6.10 Å². The van der Waals surface area contributed by atoms with Crippen LogP contribution in [0.2, 0.25) is 0 Å². The quantitative estimate of drug-likeness (QED) is 0.702. The Morgan fingerprint density at radius 2 is 2.17 bits per heavy atom. The normalized spacial score (nSPS) is 19.4. The third-order valence-corrected chi connectivity index (χ3v) is 6.14. The number of halogens is 2. The number of anilines is 2. The molecule has 0 aliphatic carbocycles. The van der Waals surface area contributed by atoms with Gasteiger partial charge in [-0.2, -0.15) is 0 Å². The summed E-state index contributed by atoms with van der Waals surface area (Å²) in [4.78, 5) is 32.0. The van der Waals surface area contributed by atoms with Gasteiger partial charge in [-0.1, -0.05) is 0 Å². The fourth-order valence-electron chi connectivity index (χ4n) is 3.21. The molecule has 2 aliphatic rings. The van der Waals surface area contributed by atoms with Gasteiger partial charge < -0.3 is 19.7 Å². The number of hydrogen-bond donors (Lipinski definition) is 1. The number of ether oxygens (including phenoxy) is 2. The largest absolute Gasteiger partial charge is 0.442 e. The van der Waals surface area contributed by atoms with Crippen LogP contribution in [0.1, 0.15) is 9.67 Å². The van der Waals surface area contributed by atoms with Crippen LogP contribution < -0.4 is 15.1 Å². The van der Waals surface area contributed by atoms with E-state index in [9.17, 15) is 14.0 Å². The van der Waals surface area contributed by atoms with Crippen LogP contribution in [-0.4, -0.2) is 62.5 Å². The summed E-state index contributed by atoms with van der Waals surface area (Å²) in [5, 5.41) is 2.72. The third kappa shape index (κ3) is 4.51. The van der Waals surface area contributed by atoms with Crippen LogP contribution in [0.4, 0.5) is 20.6 Å². The second-order valence-electron chi connectivity index (χ2n) is 6.54. The van der Waals surface area contributed by atoms with E-state index in [2.05, 4.69) is 26.2 Å². The predicted molar refractivity (Wildman–Crippen MR) is 109 cm³/mol. The molecule has 1 aromatic carbocycles. The molecule has 2 aliphatic heterocycles. The number of morpholine rings is 1. The summed E-state index contributed by atoms with van der Waals surface area (Å²) in [6, 6.07) is 4.70. The Morgan fingerprint density at radius 1 is 1.38 bits per heavy atom. The Balaban J connectivity index is 1.37. The van der Waals surface area contributed by atoms with Gasteiger partial charge in [-0.05, 0) is 34.1 Å². The lowest BCUT2D eigenvalue weighted by molar-refractivity contribution is 0.0920. The summed E-state index contributed by atoms with van der Waals surface area (Å²) >= 11 is 4.42. The van der Waals surface area contributed by atoms with Crippen molar-refractivity contribution in [2.75, 3.05) is 49.2 Å². The minimum Gasteiger partial charge on any atom is -0.442 e. The van der Waals surface area contributed by atoms with Crippen LogP contribution in [0.5, 0.6) is 0 Å². The second kappa shape index (κ2) is 8.64. The van der Waals surface area contributed by atoms with Crippen molar-refractivity contribution >= 4 is 50.6 Å². The topological polar surface area (TPSA) is 84.0 Å². The molecule has 8 nitrogen and oxygen atoms in total. The Morgan fingerprint density at radius 3 is 2.86 bits per heavy atom. The van der Waals surface area contributed by atoms with E-state index in [0.29, 0.717) is 46.5 Å². The molecular weight excluding hydrogens is 467 g/mol. The number of benzene rings is 1. The van der Waals surface area contributed by atoms with Gasteiger partial charge in [0.05, 0.1) is 43.9 Å². The molecular formula is C18H18BrFN4O4S. The van der Waals surface area contributed by atoms with E-state index in [4.69, 9.17) is 9.47 Å². The van der Waals surface area contributed by atoms with Crippen LogP contribution in [0, 0.1) is 5.82 Å². The number of amides is 2. The molecule has 1 N–H and O–H groups in total. The van der Waals surface area contributed by atoms with Crippen molar-refractivity contribution in [1.29, 1.82) is 0 Å². The molecule has 154 valence electrons. The maximum Gasteiger partial charge on any atom is 0.414 e. The summed E-state index contributed by atoms with van der Waals surface area (Å²) < 4.78 is 25.8. The predicted octanol–water partition coefficient (Wildman–Crippen LogP) is 2.64. The summed E-state index contributed by atoms with van der Waals surface area (Å²) in [6.07, 6.45) is 0.378. The van der Waals surface area contributed by atoms with Gasteiger partial charge in [0.15, 0.2) is 3.92 Å². The maximum atomic E-state index is 14.6. The van der Waals surface area contributed by atoms with E-state index in [1.54, 1.807) is 12.1 Å². The molecule has 1 aromatic heterocycles. The van der Waals surface area contributed by atoms with Gasteiger partial charge in [-0.25, -0.2) is 14.2 Å². The molecule has 0 saturated carbocycles. The van der Waals surface area contributed by atoms with Crippen LogP contribution >= 0.6 is 27.3 Å². The smallest absolute Gasteiger partial charge is 0.414 e. The Bertz CT molecular complexity index is 921. The molecule has 11 heteroatoms. The molecule has 4 rings (SSSR count). The van der Waals surface area contributed by atoms with Crippen LogP contribution in [0.3, 0.4) is 0 Å². The van der Waals surface area contributed by atoms with E-state index in [-0.39, 0.29) is 19.0 Å². The summed E-state index contributed by atoms with van der Waals surface area (Å²) in [5.74, 6) is -0.687. The fraction of sp³-hybridized carbons (Fsp3) is 0.389. The molecule has 29 heavy (non-hydrogen) atoms. The average Bonchev–Trinajstić information content (AvgIpc) is 3.32. The van der Waals surface area contributed by atoms with Gasteiger partial charge in [0.2, 0.25) is 0 Å². The number of nitrogens with one attached hydrogen (secondary N) is 1. The number of hydrogen-bond acceptors (Lipinski definition) is 7. The third-order valence-electron chi connectivity index (χ3n) is 4.66. The highest BCUT2D eigenvalue weighted by molar-refractivity contribution is 9.11. The van der Waals surface area contributed by atoms with Crippen LogP contribution in [0.25, 0.3) is 0 Å². The minimum absolute atomic E-state index is 0.158. The van der Waals surface area contributed by atoms with E-state index in [0.717, 1.165) is 0 Å². The lowest BCUT2D eigenvalue weighted by atomic mass is 10.2. The molecule has 2 amide bonds. The zero-order valence-corrected chi connectivity index (χ0v) is 17.7. The van der Waals surface area contributed by atoms with Gasteiger partial charge in [0, 0.05) is 13.1 Å². The first-order valence-electron chi connectivity index (χ1n) is 9.01. The summed E-state index contributed by atoms with van der Waals surface area (Å²) in [6.45, 7) is 2.75. The monoisotopic (exact) mass is 484 g/mol. The first-order chi connectivity index (χ1) is 14.0. The molecule has 0 radical (unpaired) electrons. The van der Waals surface area contributed by atoms with Crippen molar-refractivity contribution in [3.05, 3.63) is 39.0 Å². The molecule has 0 unspecified atom stereocenters. The number of carbonyl (C=O) groups is 2. The van der Waals surface area contributed by atoms with E-state index in [1.807, 2.05) is 4.90 Å². The van der Waals surface area contributed by atoms with Gasteiger partial charge in [-0.15, -0.1) is 11.3 Å². The van der Waals surface area contributed by atoms with Gasteiger partial charge in [-0.3, -0.25) is 9.69 Å². The van der Waals surface area contributed by atoms with Crippen molar-refractivity contribution in [2.24, 2.45) is 0 Å². The fourth-order valence-corrected chi connectivity index (χ4v) is 4.40. The number of cyclic esters (lactones) is 1. The number of nitrogens with zero attached hydrogens (tertiary/aromatic N) is 3. The standard InChI is InChI=1S/C18H18BrFN4O4S/c19-17-22-9-15(29-17)16(25)21-8-12-10-24(18(26)28-12)11-1-2-14(13(20)7-11)23-3-5-27-6-4-23/h1-2,7,9,12H,3-6,8,10H2,(H,21,25)/t12-/m0/s1. The van der Waals surface area contributed by atoms with Gasteiger partial charge >= 0.3 is 6.09 Å². The molecule has 2 aromatic rings. The lowest BCUT2D eigenvalue weighted by Crippen LogP contribution is -2.37. The van der Waals surface area contributed by atoms with E-state index >= 15 is 0 Å². The highest BCUT2D eigenvalue weighted by Gasteiger charge is 2.33. The highest BCUT2D eigenvalue weighted by Crippen LogP contribution is 2.28. The zero-order valence-electron chi connectivity index (χ0n) is 15.3. The molecule has 1 atom stereocenters. The zero-order chi connectivity index (χ0) is 20.4. The maximum absolute atomic E-state index is 14.6. The minimum atomic E-state index is -0.566. The lowest BCUT2D eigenvalue weighted by Gasteiger charge is -2.29. The Kier molecular flexibility index (Phi) is 5.97. The van der Waals surface area contributed by atoms with Crippen molar-refractivity contribution in [1.82, 2.24) is 10.3 Å². The van der Waals surface area contributed by atoms with Gasteiger partial charge in [0.1, 0.15) is 16.8 Å². The first kappa shape index (κ1) is 20.0. The molecule has 0 spiro atoms. The van der Waals surface area contributed by atoms with Crippen LogP contribution in [0.15, 0.2) is 28.3 Å². The molecule has 2 fully saturated rings. The van der Waals surface area contributed by atoms with E-state index in [1.165, 1.54) is 28.5 Å². The van der Waals surface area contributed by atoms with Crippen LogP contribution in [-0.2, 0) is 9.47 Å². The van der Waals surface area contributed by atoms with Crippen molar-refractivity contribution < 1.29 is 23.5 Å². The van der Waals surface area contributed by atoms with Gasteiger partial charge in [0.25, 0.3) is 5.91 Å². The number of thiazole rings is 1. The summed E-state index contributed by atoms with van der Waals surface area (Å²) in [5.41, 5.74) is 0.911. The SMILES string of the molecule is O=C(NC[C@H]1CN(c2ccc(N3CCOCC3)c(F)c2)C(=O)O1)c1cnc(Br)s1. The molecule has 3 heterocycles. The number of rotatable bonds is 5. The average molecular weight is 485 g/mol.